The Labute approximate surface area is 117 Å². The zero-order chi connectivity index (χ0) is 13.5. The lowest BCUT2D eigenvalue weighted by atomic mass is 10.2. The Kier molecular flexibility index (Phi) is 5.12. The summed E-state index contributed by atoms with van der Waals surface area (Å²) in [5.74, 6) is 0.000444. The van der Waals surface area contributed by atoms with Gasteiger partial charge >= 0.3 is 0 Å². The molecule has 100 valence electrons. The molecule has 1 amide bonds. The smallest absolute Gasteiger partial charge is 0.238 e. The van der Waals surface area contributed by atoms with Gasteiger partial charge in [0, 0.05) is 17.1 Å². The van der Waals surface area contributed by atoms with Gasteiger partial charge in [-0.2, -0.15) is 0 Å². The molecule has 2 N–H and O–H groups in total. The van der Waals surface area contributed by atoms with Crippen LogP contribution in [-0.2, 0) is 11.2 Å². The number of carbonyl (C=O) groups excluding carboxylic acids is 1. The molecule has 1 aromatic heterocycles. The lowest BCUT2D eigenvalue weighted by molar-refractivity contribution is -0.115. The highest BCUT2D eigenvalue weighted by molar-refractivity contribution is 7.09. The maximum Gasteiger partial charge on any atom is 0.238 e. The fraction of sp³-hybridized carbons (Fsp3) is 0.267. The van der Waals surface area contributed by atoms with Crippen molar-refractivity contribution >= 4 is 22.9 Å². The van der Waals surface area contributed by atoms with Gasteiger partial charge in [0.2, 0.25) is 5.91 Å². The van der Waals surface area contributed by atoms with E-state index in [-0.39, 0.29) is 5.91 Å². The third-order valence-corrected chi connectivity index (χ3v) is 3.77. The van der Waals surface area contributed by atoms with Crippen LogP contribution in [0.3, 0.4) is 0 Å². The Hall–Kier alpha value is -1.65. The van der Waals surface area contributed by atoms with Crippen LogP contribution in [0.15, 0.2) is 41.8 Å². The second-order valence-electron chi connectivity index (χ2n) is 4.37. The molecule has 0 bridgehead atoms. The van der Waals surface area contributed by atoms with Crippen LogP contribution in [0, 0.1) is 6.92 Å². The molecule has 19 heavy (non-hydrogen) atoms. The molecule has 0 radical (unpaired) electrons. The first kappa shape index (κ1) is 13.8. The Morgan fingerprint density at radius 2 is 2.05 bits per heavy atom. The summed E-state index contributed by atoms with van der Waals surface area (Å²) in [6.07, 6.45) is 0.968. The summed E-state index contributed by atoms with van der Waals surface area (Å²) < 4.78 is 0. The number of nitrogens with one attached hydrogen (secondary N) is 2. The number of anilines is 1. The fourth-order valence-corrected chi connectivity index (χ4v) is 2.48. The van der Waals surface area contributed by atoms with Crippen LogP contribution in [0.25, 0.3) is 0 Å². The number of hydrogen-bond donors (Lipinski definition) is 2. The summed E-state index contributed by atoms with van der Waals surface area (Å²) in [4.78, 5) is 13.1. The number of thiophene rings is 1. The van der Waals surface area contributed by atoms with Crippen LogP contribution in [-0.4, -0.2) is 19.0 Å². The molecule has 1 aromatic carbocycles. The van der Waals surface area contributed by atoms with Crippen molar-refractivity contribution in [2.24, 2.45) is 0 Å². The molecular weight excluding hydrogens is 256 g/mol. The van der Waals surface area contributed by atoms with E-state index in [1.165, 1.54) is 4.88 Å². The highest BCUT2D eigenvalue weighted by Gasteiger charge is 2.03. The van der Waals surface area contributed by atoms with Crippen LogP contribution in [0.1, 0.15) is 10.4 Å². The van der Waals surface area contributed by atoms with Gasteiger partial charge in [0.1, 0.15) is 0 Å². The van der Waals surface area contributed by atoms with Gasteiger partial charge < -0.3 is 10.6 Å². The van der Waals surface area contributed by atoms with Crippen molar-refractivity contribution in [1.82, 2.24) is 5.32 Å². The van der Waals surface area contributed by atoms with Crippen LogP contribution >= 0.6 is 11.3 Å². The number of rotatable bonds is 6. The average molecular weight is 274 g/mol. The van der Waals surface area contributed by atoms with Crippen molar-refractivity contribution in [2.45, 2.75) is 13.3 Å². The molecular formula is C15H18N2OS. The number of para-hydroxylation sites is 1. The monoisotopic (exact) mass is 274 g/mol. The first-order chi connectivity index (χ1) is 9.25. The molecule has 0 aliphatic rings. The number of amides is 1. The van der Waals surface area contributed by atoms with E-state index in [1.54, 1.807) is 11.3 Å². The Balaban J connectivity index is 1.69. The van der Waals surface area contributed by atoms with Crippen LogP contribution in [0.2, 0.25) is 0 Å². The molecule has 0 saturated heterocycles. The van der Waals surface area contributed by atoms with E-state index < -0.39 is 0 Å². The molecule has 2 rings (SSSR count). The summed E-state index contributed by atoms with van der Waals surface area (Å²) >= 11 is 1.75. The van der Waals surface area contributed by atoms with Crippen molar-refractivity contribution in [3.63, 3.8) is 0 Å². The highest BCUT2D eigenvalue weighted by Crippen LogP contribution is 2.12. The first-order valence-electron chi connectivity index (χ1n) is 6.34. The van der Waals surface area contributed by atoms with Gasteiger partial charge in [0.15, 0.2) is 0 Å². The van der Waals surface area contributed by atoms with Gasteiger partial charge in [-0.25, -0.2) is 0 Å². The third kappa shape index (κ3) is 4.50. The molecule has 4 heteroatoms. The van der Waals surface area contributed by atoms with Gasteiger partial charge in [-0.1, -0.05) is 24.3 Å². The minimum Gasteiger partial charge on any atom is -0.325 e. The maximum absolute atomic E-state index is 11.8. The molecule has 0 atom stereocenters. The summed E-state index contributed by atoms with van der Waals surface area (Å²) in [5, 5.41) is 8.13. The molecule has 0 saturated carbocycles. The standard InChI is InChI=1S/C15H18N2OS/c1-12-5-2-3-7-14(12)17-15(18)11-16-9-8-13-6-4-10-19-13/h2-7,10,16H,8-9,11H2,1H3,(H,17,18). The van der Waals surface area contributed by atoms with Gasteiger partial charge in [-0.05, 0) is 36.4 Å². The van der Waals surface area contributed by atoms with E-state index in [0.717, 1.165) is 24.2 Å². The van der Waals surface area contributed by atoms with E-state index in [0.29, 0.717) is 6.54 Å². The molecule has 0 spiro atoms. The SMILES string of the molecule is Cc1ccccc1NC(=O)CNCCc1cccs1. The zero-order valence-electron chi connectivity index (χ0n) is 11.0. The largest absolute Gasteiger partial charge is 0.325 e. The van der Waals surface area contributed by atoms with Crippen molar-refractivity contribution in [3.05, 3.63) is 52.2 Å². The van der Waals surface area contributed by atoms with E-state index in [2.05, 4.69) is 22.1 Å². The van der Waals surface area contributed by atoms with Crippen LogP contribution < -0.4 is 10.6 Å². The zero-order valence-corrected chi connectivity index (χ0v) is 11.8. The van der Waals surface area contributed by atoms with E-state index in [9.17, 15) is 4.79 Å². The molecule has 0 aliphatic carbocycles. The topological polar surface area (TPSA) is 41.1 Å². The van der Waals surface area contributed by atoms with Gasteiger partial charge in [0.25, 0.3) is 0 Å². The van der Waals surface area contributed by atoms with Crippen molar-refractivity contribution in [2.75, 3.05) is 18.4 Å². The van der Waals surface area contributed by atoms with E-state index >= 15 is 0 Å². The summed E-state index contributed by atoms with van der Waals surface area (Å²) in [6.45, 7) is 3.15. The third-order valence-electron chi connectivity index (χ3n) is 2.83. The van der Waals surface area contributed by atoms with E-state index in [4.69, 9.17) is 0 Å². The quantitative estimate of drug-likeness (QED) is 0.795. The number of hydrogen-bond acceptors (Lipinski definition) is 3. The molecule has 0 aliphatic heterocycles. The number of aryl methyl sites for hydroxylation is 1. The Bertz CT molecular complexity index is 523. The fourth-order valence-electron chi connectivity index (χ4n) is 1.78. The van der Waals surface area contributed by atoms with E-state index in [1.807, 2.05) is 37.3 Å². The predicted molar refractivity (Wildman–Crippen MR) is 80.7 cm³/mol. The van der Waals surface area contributed by atoms with Crippen molar-refractivity contribution in [1.29, 1.82) is 0 Å². The van der Waals surface area contributed by atoms with Crippen LogP contribution in [0.4, 0.5) is 5.69 Å². The molecule has 2 aromatic rings. The minimum absolute atomic E-state index is 0.000444. The number of carbonyl (C=O) groups is 1. The molecule has 0 unspecified atom stereocenters. The Morgan fingerprint density at radius 3 is 2.79 bits per heavy atom. The van der Waals surface area contributed by atoms with Gasteiger partial charge in [-0.3, -0.25) is 4.79 Å². The molecule has 0 fully saturated rings. The highest BCUT2D eigenvalue weighted by atomic mass is 32.1. The maximum atomic E-state index is 11.8. The Morgan fingerprint density at radius 1 is 1.21 bits per heavy atom. The minimum atomic E-state index is 0.000444. The normalized spacial score (nSPS) is 10.4. The molecule has 3 nitrogen and oxygen atoms in total. The second kappa shape index (κ2) is 7.07. The average Bonchev–Trinajstić information content (AvgIpc) is 2.91. The summed E-state index contributed by atoms with van der Waals surface area (Å²) in [5.41, 5.74) is 1.96. The lowest BCUT2D eigenvalue weighted by Crippen LogP contribution is -2.29. The first-order valence-corrected chi connectivity index (χ1v) is 7.22. The van der Waals surface area contributed by atoms with Gasteiger partial charge in [0.05, 0.1) is 6.54 Å². The van der Waals surface area contributed by atoms with Crippen LogP contribution in [0.5, 0.6) is 0 Å². The lowest BCUT2D eigenvalue weighted by Gasteiger charge is -2.08. The number of benzene rings is 1. The predicted octanol–water partition coefficient (Wildman–Crippen LogP) is 2.83. The van der Waals surface area contributed by atoms with Crippen molar-refractivity contribution < 1.29 is 4.79 Å². The second-order valence-corrected chi connectivity index (χ2v) is 5.40. The summed E-state index contributed by atoms with van der Waals surface area (Å²) in [7, 11) is 0. The summed E-state index contributed by atoms with van der Waals surface area (Å²) in [6, 6.07) is 11.9. The van der Waals surface area contributed by atoms with Gasteiger partial charge in [-0.15, -0.1) is 11.3 Å². The molecule has 1 heterocycles. The van der Waals surface area contributed by atoms with Crippen molar-refractivity contribution in [3.8, 4) is 0 Å².